The Labute approximate surface area is 140 Å². The Morgan fingerprint density at radius 1 is 1.04 bits per heavy atom. The van der Waals surface area contributed by atoms with Gasteiger partial charge in [0.25, 0.3) is 5.78 Å². The zero-order valence-electron chi connectivity index (χ0n) is 12.9. The highest BCUT2D eigenvalue weighted by Crippen LogP contribution is 2.21. The van der Waals surface area contributed by atoms with Crippen LogP contribution in [0.5, 0.6) is 5.75 Å². The van der Waals surface area contributed by atoms with E-state index < -0.39 is 29.3 Å². The molecule has 0 radical (unpaired) electrons. The third kappa shape index (κ3) is 3.51. The lowest BCUT2D eigenvalue weighted by molar-refractivity contribution is 0.0967. The van der Waals surface area contributed by atoms with Crippen LogP contribution in [0.15, 0.2) is 56.1 Å². The van der Waals surface area contributed by atoms with Crippen molar-refractivity contribution >= 4 is 5.78 Å². The number of carbonyl (C=O) groups excluding carboxylic acids is 1. The second kappa shape index (κ2) is 6.74. The summed E-state index contributed by atoms with van der Waals surface area (Å²) in [6, 6.07) is 9.65. The zero-order valence-corrected chi connectivity index (χ0v) is 12.9. The highest BCUT2D eigenvalue weighted by atomic mass is 19.1. The van der Waals surface area contributed by atoms with Gasteiger partial charge in [-0.05, 0) is 29.8 Å². The maximum absolute atomic E-state index is 12.9. The largest absolute Gasteiger partial charge is 0.501 e. The molecular formula is C18H13FO6. The van der Waals surface area contributed by atoms with Gasteiger partial charge in [-0.15, -0.1) is 0 Å². The first-order valence-electron chi connectivity index (χ1n) is 7.32. The molecule has 3 rings (SSSR count). The summed E-state index contributed by atoms with van der Waals surface area (Å²) >= 11 is 0. The molecule has 0 saturated heterocycles. The summed E-state index contributed by atoms with van der Waals surface area (Å²) in [6.45, 7) is -0.593. The van der Waals surface area contributed by atoms with Gasteiger partial charge in [0.15, 0.2) is 5.76 Å². The first-order chi connectivity index (χ1) is 12.0. The number of aliphatic hydroxyl groups is 1. The summed E-state index contributed by atoms with van der Waals surface area (Å²) in [5.41, 5.74) is -0.0526. The molecule has 0 saturated carbocycles. The van der Waals surface area contributed by atoms with Gasteiger partial charge in [-0.3, -0.25) is 9.59 Å². The van der Waals surface area contributed by atoms with Crippen LogP contribution in [0.3, 0.4) is 0 Å². The molecular weight excluding hydrogens is 331 g/mol. The SMILES string of the molecule is O=C(c1ccc(Cc2ccc(F)cc2)o1)c1oc(CO)cc(=O)c1O. The maximum atomic E-state index is 12.9. The monoisotopic (exact) mass is 344 g/mol. The Balaban J connectivity index is 1.87. The lowest BCUT2D eigenvalue weighted by atomic mass is 10.1. The van der Waals surface area contributed by atoms with Crippen molar-refractivity contribution in [2.24, 2.45) is 0 Å². The van der Waals surface area contributed by atoms with E-state index in [1.807, 2.05) is 0 Å². The van der Waals surface area contributed by atoms with Gasteiger partial charge in [0.1, 0.15) is 23.9 Å². The molecule has 0 aliphatic heterocycles. The number of rotatable bonds is 5. The maximum Gasteiger partial charge on any atom is 0.267 e. The second-order valence-corrected chi connectivity index (χ2v) is 5.31. The topological polar surface area (TPSA) is 101 Å². The van der Waals surface area contributed by atoms with Gasteiger partial charge in [0.2, 0.25) is 16.9 Å². The Bertz CT molecular complexity index is 968. The van der Waals surface area contributed by atoms with Crippen molar-refractivity contribution in [1.29, 1.82) is 0 Å². The highest BCUT2D eigenvalue weighted by Gasteiger charge is 2.23. The van der Waals surface area contributed by atoms with Crippen LogP contribution < -0.4 is 5.43 Å². The number of aromatic hydroxyl groups is 1. The molecule has 2 aromatic heterocycles. The number of ketones is 1. The molecule has 128 valence electrons. The predicted molar refractivity (Wildman–Crippen MR) is 83.9 cm³/mol. The van der Waals surface area contributed by atoms with Crippen molar-refractivity contribution in [2.45, 2.75) is 13.0 Å². The molecule has 0 spiro atoms. The van der Waals surface area contributed by atoms with Crippen molar-refractivity contribution in [3.8, 4) is 5.75 Å². The average molecular weight is 344 g/mol. The van der Waals surface area contributed by atoms with Crippen molar-refractivity contribution in [2.75, 3.05) is 0 Å². The molecule has 0 amide bonds. The minimum atomic E-state index is -0.848. The molecule has 0 aliphatic carbocycles. The fourth-order valence-corrected chi connectivity index (χ4v) is 2.28. The molecule has 3 aromatic rings. The third-order valence-electron chi connectivity index (χ3n) is 3.51. The number of aliphatic hydroxyl groups excluding tert-OH is 1. The zero-order chi connectivity index (χ0) is 18.0. The molecule has 0 fully saturated rings. The fraction of sp³-hybridized carbons (Fsp3) is 0.111. The van der Waals surface area contributed by atoms with Crippen LogP contribution in [-0.4, -0.2) is 16.0 Å². The van der Waals surface area contributed by atoms with E-state index >= 15 is 0 Å². The van der Waals surface area contributed by atoms with Crippen molar-refractivity contribution in [3.05, 3.63) is 87.1 Å². The van der Waals surface area contributed by atoms with E-state index in [1.165, 1.54) is 18.2 Å². The fourth-order valence-electron chi connectivity index (χ4n) is 2.28. The summed E-state index contributed by atoms with van der Waals surface area (Å²) < 4.78 is 23.4. The Hall–Kier alpha value is -3.19. The summed E-state index contributed by atoms with van der Waals surface area (Å²) in [7, 11) is 0. The van der Waals surface area contributed by atoms with Crippen LogP contribution in [0.2, 0.25) is 0 Å². The first kappa shape index (κ1) is 16.7. The van der Waals surface area contributed by atoms with Gasteiger partial charge in [0, 0.05) is 12.5 Å². The number of carbonyl (C=O) groups is 1. The van der Waals surface area contributed by atoms with E-state index in [1.54, 1.807) is 18.2 Å². The van der Waals surface area contributed by atoms with Crippen molar-refractivity contribution < 1.29 is 28.2 Å². The highest BCUT2D eigenvalue weighted by molar-refractivity contribution is 6.06. The lowest BCUT2D eigenvalue weighted by Gasteiger charge is -2.03. The van der Waals surface area contributed by atoms with E-state index in [0.29, 0.717) is 12.2 Å². The number of benzene rings is 1. The number of halogens is 1. The molecule has 0 bridgehead atoms. The van der Waals surface area contributed by atoms with Crippen LogP contribution in [0.25, 0.3) is 0 Å². The van der Waals surface area contributed by atoms with Crippen LogP contribution in [0.4, 0.5) is 4.39 Å². The summed E-state index contributed by atoms with van der Waals surface area (Å²) in [5.74, 6) is -2.47. The molecule has 2 N–H and O–H groups in total. The smallest absolute Gasteiger partial charge is 0.267 e. The van der Waals surface area contributed by atoms with Gasteiger partial charge in [-0.2, -0.15) is 0 Å². The molecule has 0 unspecified atom stereocenters. The van der Waals surface area contributed by atoms with E-state index in [9.17, 15) is 19.1 Å². The van der Waals surface area contributed by atoms with Crippen molar-refractivity contribution in [3.63, 3.8) is 0 Å². The number of hydrogen-bond donors (Lipinski definition) is 2. The van der Waals surface area contributed by atoms with Crippen LogP contribution in [0.1, 0.15) is 33.4 Å². The van der Waals surface area contributed by atoms with E-state index in [2.05, 4.69) is 0 Å². The van der Waals surface area contributed by atoms with E-state index in [-0.39, 0.29) is 17.3 Å². The third-order valence-corrected chi connectivity index (χ3v) is 3.51. The van der Waals surface area contributed by atoms with Crippen LogP contribution in [-0.2, 0) is 13.0 Å². The second-order valence-electron chi connectivity index (χ2n) is 5.31. The molecule has 7 heteroatoms. The van der Waals surface area contributed by atoms with Gasteiger partial charge in [0.05, 0.1) is 0 Å². The lowest BCUT2D eigenvalue weighted by Crippen LogP contribution is -2.10. The number of hydrogen-bond acceptors (Lipinski definition) is 6. The van der Waals surface area contributed by atoms with Crippen LogP contribution >= 0.6 is 0 Å². The summed E-state index contributed by atoms with van der Waals surface area (Å²) in [4.78, 5) is 24.0. The minimum Gasteiger partial charge on any atom is -0.501 e. The Morgan fingerprint density at radius 2 is 1.76 bits per heavy atom. The van der Waals surface area contributed by atoms with E-state index in [4.69, 9.17) is 13.9 Å². The van der Waals surface area contributed by atoms with Crippen molar-refractivity contribution in [1.82, 2.24) is 0 Å². The van der Waals surface area contributed by atoms with E-state index in [0.717, 1.165) is 11.6 Å². The van der Waals surface area contributed by atoms with Gasteiger partial charge < -0.3 is 19.0 Å². The minimum absolute atomic E-state index is 0.134. The normalized spacial score (nSPS) is 10.8. The molecule has 25 heavy (non-hydrogen) atoms. The molecule has 6 nitrogen and oxygen atoms in total. The molecule has 2 heterocycles. The first-order valence-corrected chi connectivity index (χ1v) is 7.32. The average Bonchev–Trinajstić information content (AvgIpc) is 3.07. The van der Waals surface area contributed by atoms with Crippen LogP contribution in [0, 0.1) is 5.82 Å². The quantitative estimate of drug-likeness (QED) is 0.689. The predicted octanol–water partition coefficient (Wildman–Crippen LogP) is 2.39. The Kier molecular flexibility index (Phi) is 4.49. The van der Waals surface area contributed by atoms with Gasteiger partial charge >= 0.3 is 0 Å². The Morgan fingerprint density at radius 3 is 2.44 bits per heavy atom. The number of furan rings is 1. The molecule has 1 aromatic carbocycles. The molecule has 0 atom stereocenters. The molecule has 0 aliphatic rings. The summed E-state index contributed by atoms with van der Waals surface area (Å²) in [5, 5.41) is 18.8. The standard InChI is InChI=1S/C18H13FO6/c19-11-3-1-10(2-4-11)7-12-5-6-15(24-12)17(23)18-16(22)14(21)8-13(9-20)25-18/h1-6,8,20,22H,7,9H2. The van der Waals surface area contributed by atoms with Gasteiger partial charge in [-0.1, -0.05) is 12.1 Å². The van der Waals surface area contributed by atoms with Gasteiger partial charge in [-0.25, -0.2) is 4.39 Å². The summed E-state index contributed by atoms with van der Waals surface area (Å²) in [6.07, 6.45) is 0.334.